The molecule has 2 aromatic rings. The third-order valence-corrected chi connectivity index (χ3v) is 5.97. The third kappa shape index (κ3) is 3.63. The number of nitrogens with one attached hydrogen (secondary N) is 1. The summed E-state index contributed by atoms with van der Waals surface area (Å²) >= 11 is 0. The molecule has 2 aromatic heterocycles. The zero-order valence-corrected chi connectivity index (χ0v) is 16.7. The van der Waals surface area contributed by atoms with Crippen LogP contribution in [0.5, 0.6) is 0 Å². The van der Waals surface area contributed by atoms with E-state index in [1.807, 2.05) is 24.7 Å². The van der Waals surface area contributed by atoms with Gasteiger partial charge >= 0.3 is 0 Å². The van der Waals surface area contributed by atoms with Crippen molar-refractivity contribution in [1.29, 1.82) is 0 Å². The molecular formula is C21H28N4O3. The largest absolute Gasteiger partial charge is 0.376 e. The van der Waals surface area contributed by atoms with Crippen molar-refractivity contribution in [1.82, 2.24) is 19.4 Å². The lowest BCUT2D eigenvalue weighted by molar-refractivity contribution is -0.120. The molecule has 1 fully saturated rings. The number of fused-ring (bicyclic) bond motifs is 1. The number of amides is 1. The van der Waals surface area contributed by atoms with Gasteiger partial charge in [-0.05, 0) is 38.2 Å². The number of hydrogen-bond donors (Lipinski definition) is 1. The van der Waals surface area contributed by atoms with Crippen molar-refractivity contribution in [3.8, 4) is 0 Å². The zero-order chi connectivity index (χ0) is 19.7. The van der Waals surface area contributed by atoms with Crippen LogP contribution in [0.25, 0.3) is 0 Å². The first-order valence-corrected chi connectivity index (χ1v) is 10.1. The summed E-state index contributed by atoms with van der Waals surface area (Å²) in [6, 6.07) is 0. The molecule has 1 atom stereocenters. The van der Waals surface area contributed by atoms with Crippen molar-refractivity contribution in [3.05, 3.63) is 40.7 Å². The minimum absolute atomic E-state index is 0.0819. The van der Waals surface area contributed by atoms with E-state index in [1.165, 1.54) is 0 Å². The SMILES string of the molecule is Cc1c(CC(=O)NCc2nccn2C)c2c(n1CC1CCCO1)CCCC2=O. The number of nitrogens with zero attached hydrogens (tertiary/aromatic N) is 3. The van der Waals surface area contributed by atoms with Crippen LogP contribution in [-0.4, -0.2) is 38.5 Å². The minimum atomic E-state index is -0.0819. The molecule has 0 aromatic carbocycles. The lowest BCUT2D eigenvalue weighted by atomic mass is 9.92. The van der Waals surface area contributed by atoms with Crippen molar-refractivity contribution in [3.63, 3.8) is 0 Å². The Morgan fingerprint density at radius 2 is 2.21 bits per heavy atom. The normalized spacial score (nSPS) is 19.1. The Bertz CT molecular complexity index is 890. The van der Waals surface area contributed by atoms with Gasteiger partial charge in [0.1, 0.15) is 5.82 Å². The molecule has 7 heteroatoms. The smallest absolute Gasteiger partial charge is 0.224 e. The zero-order valence-electron chi connectivity index (χ0n) is 16.7. The van der Waals surface area contributed by atoms with E-state index in [0.717, 1.165) is 67.2 Å². The number of Topliss-reactive ketones (excluding diaryl/α,β-unsaturated/α-hetero) is 1. The van der Waals surface area contributed by atoms with Crippen LogP contribution < -0.4 is 5.32 Å². The highest BCUT2D eigenvalue weighted by atomic mass is 16.5. The lowest BCUT2D eigenvalue weighted by Crippen LogP contribution is -2.27. The van der Waals surface area contributed by atoms with E-state index in [2.05, 4.69) is 14.9 Å². The number of aryl methyl sites for hydroxylation is 1. The molecule has 2 aliphatic rings. The number of carbonyl (C=O) groups excluding carboxylic acids is 2. The Morgan fingerprint density at radius 1 is 1.36 bits per heavy atom. The second-order valence-electron chi connectivity index (χ2n) is 7.82. The predicted molar refractivity (Wildman–Crippen MR) is 104 cm³/mol. The average Bonchev–Trinajstić information content (AvgIpc) is 3.38. The molecule has 1 aliphatic carbocycles. The molecule has 0 spiro atoms. The number of rotatable bonds is 6. The Kier molecular flexibility index (Phi) is 5.35. The van der Waals surface area contributed by atoms with Gasteiger partial charge in [0.2, 0.25) is 5.91 Å². The fraction of sp³-hybridized carbons (Fsp3) is 0.571. The van der Waals surface area contributed by atoms with Crippen molar-refractivity contribution < 1.29 is 14.3 Å². The number of hydrogen-bond acceptors (Lipinski definition) is 4. The monoisotopic (exact) mass is 384 g/mol. The number of imidazole rings is 1. The Morgan fingerprint density at radius 3 is 2.93 bits per heavy atom. The molecule has 7 nitrogen and oxygen atoms in total. The first-order valence-electron chi connectivity index (χ1n) is 10.1. The molecule has 1 amide bonds. The summed E-state index contributed by atoms with van der Waals surface area (Å²) in [4.78, 5) is 29.5. The van der Waals surface area contributed by atoms with Gasteiger partial charge in [-0.2, -0.15) is 0 Å². The van der Waals surface area contributed by atoms with Gasteiger partial charge in [0, 0.05) is 56.0 Å². The van der Waals surface area contributed by atoms with E-state index in [1.54, 1.807) is 6.20 Å². The molecule has 0 radical (unpaired) electrons. The Hall–Kier alpha value is -2.41. The van der Waals surface area contributed by atoms with Gasteiger partial charge in [-0.15, -0.1) is 0 Å². The molecule has 1 aliphatic heterocycles. The second-order valence-corrected chi connectivity index (χ2v) is 7.82. The fourth-order valence-corrected chi connectivity index (χ4v) is 4.41. The van der Waals surface area contributed by atoms with Gasteiger partial charge < -0.3 is 19.2 Å². The predicted octanol–water partition coefficient (Wildman–Crippen LogP) is 2.09. The first-order chi connectivity index (χ1) is 13.5. The number of ether oxygens (including phenoxy) is 1. The van der Waals surface area contributed by atoms with Crippen molar-refractivity contribution >= 4 is 11.7 Å². The van der Waals surface area contributed by atoms with Crippen molar-refractivity contribution in [2.45, 2.75) is 64.6 Å². The average molecular weight is 384 g/mol. The van der Waals surface area contributed by atoms with Gasteiger partial charge in [0.05, 0.1) is 19.1 Å². The molecule has 1 unspecified atom stereocenters. The summed E-state index contributed by atoms with van der Waals surface area (Å²) in [5, 5.41) is 2.94. The quantitative estimate of drug-likeness (QED) is 0.827. The standard InChI is InChI=1S/C21H28N4O3/c1-14-16(11-20(27)23-12-19-22-8-9-24(19)2)21-17(6-3-7-18(21)26)25(14)13-15-5-4-10-28-15/h8-9,15H,3-7,10-13H2,1-2H3,(H,23,27). The van der Waals surface area contributed by atoms with E-state index >= 15 is 0 Å². The van der Waals surface area contributed by atoms with E-state index < -0.39 is 0 Å². The highest BCUT2D eigenvalue weighted by molar-refractivity contribution is 6.01. The van der Waals surface area contributed by atoms with Gasteiger partial charge in [-0.1, -0.05) is 0 Å². The van der Waals surface area contributed by atoms with E-state index in [9.17, 15) is 9.59 Å². The van der Waals surface area contributed by atoms with Crippen molar-refractivity contribution in [2.24, 2.45) is 7.05 Å². The van der Waals surface area contributed by atoms with E-state index in [-0.39, 0.29) is 24.2 Å². The van der Waals surface area contributed by atoms with Crippen LogP contribution in [-0.2, 0) is 42.5 Å². The molecule has 28 heavy (non-hydrogen) atoms. The van der Waals surface area contributed by atoms with Gasteiger partial charge in [-0.25, -0.2) is 4.98 Å². The van der Waals surface area contributed by atoms with Crippen LogP contribution in [0.3, 0.4) is 0 Å². The third-order valence-electron chi connectivity index (χ3n) is 5.97. The summed E-state index contributed by atoms with van der Waals surface area (Å²) < 4.78 is 9.94. The Labute approximate surface area is 165 Å². The molecule has 4 rings (SSSR count). The summed E-state index contributed by atoms with van der Waals surface area (Å²) in [6.07, 6.45) is 8.49. The minimum Gasteiger partial charge on any atom is -0.376 e. The van der Waals surface area contributed by atoms with E-state index in [0.29, 0.717) is 13.0 Å². The molecule has 1 N–H and O–H groups in total. The van der Waals surface area contributed by atoms with Gasteiger partial charge in [0.15, 0.2) is 5.78 Å². The second kappa shape index (κ2) is 7.91. The summed E-state index contributed by atoms with van der Waals surface area (Å²) in [6.45, 7) is 4.00. The molecular weight excluding hydrogens is 356 g/mol. The summed E-state index contributed by atoms with van der Waals surface area (Å²) in [5.41, 5.74) is 3.79. The Balaban J connectivity index is 1.55. The number of carbonyl (C=O) groups is 2. The van der Waals surface area contributed by atoms with E-state index in [4.69, 9.17) is 4.74 Å². The van der Waals surface area contributed by atoms with Gasteiger partial charge in [-0.3, -0.25) is 9.59 Å². The van der Waals surface area contributed by atoms with Crippen LogP contribution in [0.2, 0.25) is 0 Å². The van der Waals surface area contributed by atoms with Crippen LogP contribution in [0.1, 0.15) is 58.8 Å². The fourth-order valence-electron chi connectivity index (χ4n) is 4.41. The maximum Gasteiger partial charge on any atom is 0.224 e. The lowest BCUT2D eigenvalue weighted by Gasteiger charge is -2.18. The van der Waals surface area contributed by atoms with Crippen LogP contribution in [0.4, 0.5) is 0 Å². The van der Waals surface area contributed by atoms with Crippen LogP contribution in [0, 0.1) is 6.92 Å². The van der Waals surface area contributed by atoms with Gasteiger partial charge in [0.25, 0.3) is 0 Å². The highest BCUT2D eigenvalue weighted by Gasteiger charge is 2.30. The topological polar surface area (TPSA) is 78.2 Å². The molecule has 0 bridgehead atoms. The number of ketones is 1. The molecule has 3 heterocycles. The van der Waals surface area contributed by atoms with Crippen molar-refractivity contribution in [2.75, 3.05) is 6.61 Å². The summed E-state index contributed by atoms with van der Waals surface area (Å²) in [7, 11) is 1.90. The molecule has 0 saturated carbocycles. The maximum absolute atomic E-state index is 12.7. The van der Waals surface area contributed by atoms with Crippen LogP contribution in [0.15, 0.2) is 12.4 Å². The molecule has 150 valence electrons. The summed E-state index contributed by atoms with van der Waals surface area (Å²) in [5.74, 6) is 0.892. The maximum atomic E-state index is 12.7. The molecule has 1 saturated heterocycles. The number of aromatic nitrogens is 3. The highest BCUT2D eigenvalue weighted by Crippen LogP contribution is 2.31. The first kappa shape index (κ1) is 18.9. The van der Waals surface area contributed by atoms with Crippen LogP contribution >= 0.6 is 0 Å².